The number of aryl methyl sites for hydroxylation is 2. The van der Waals surface area contributed by atoms with Gasteiger partial charge in [0.2, 0.25) is 0 Å². The zero-order valence-corrected chi connectivity index (χ0v) is 16.7. The molecule has 0 bridgehead atoms. The fraction of sp³-hybridized carbons (Fsp3) is 0.316. The van der Waals surface area contributed by atoms with Crippen LogP contribution in [-0.2, 0) is 13.1 Å². The molecular formula is C19H22BrN5O. The number of hydrogen-bond acceptors (Lipinski definition) is 3. The van der Waals surface area contributed by atoms with Crippen molar-refractivity contribution in [3.05, 3.63) is 69.7 Å². The summed E-state index contributed by atoms with van der Waals surface area (Å²) >= 11 is 3.39. The van der Waals surface area contributed by atoms with Gasteiger partial charge in [-0.2, -0.15) is 10.2 Å². The molecule has 0 saturated carbocycles. The van der Waals surface area contributed by atoms with E-state index in [2.05, 4.69) is 31.4 Å². The lowest BCUT2D eigenvalue weighted by atomic mass is 10.1. The molecule has 0 aliphatic rings. The van der Waals surface area contributed by atoms with E-state index >= 15 is 0 Å². The maximum Gasteiger partial charge on any atom is 0.251 e. The highest BCUT2D eigenvalue weighted by molar-refractivity contribution is 9.10. The standard InChI is InChI=1S/C19H22BrN5O/c1-4-24-12-18(14(3)23-24)13(2)22-19(26)16-7-5-6-15(8-16)10-25-11-17(20)9-21-25/h5-9,11-13H,4,10H2,1-3H3,(H,22,26). The van der Waals surface area contributed by atoms with Crippen molar-refractivity contribution >= 4 is 21.8 Å². The first kappa shape index (κ1) is 18.4. The van der Waals surface area contributed by atoms with E-state index in [0.29, 0.717) is 12.1 Å². The Balaban J connectivity index is 1.71. The number of rotatable bonds is 6. The molecule has 2 aromatic heterocycles. The van der Waals surface area contributed by atoms with Crippen LogP contribution in [0.15, 0.2) is 47.3 Å². The van der Waals surface area contributed by atoms with Crippen LogP contribution in [0.4, 0.5) is 0 Å². The fourth-order valence-corrected chi connectivity index (χ4v) is 3.23. The summed E-state index contributed by atoms with van der Waals surface area (Å²) < 4.78 is 4.64. The number of carbonyl (C=O) groups is 1. The van der Waals surface area contributed by atoms with E-state index in [0.717, 1.165) is 27.8 Å². The number of carbonyl (C=O) groups excluding carboxylic acids is 1. The van der Waals surface area contributed by atoms with Crippen molar-refractivity contribution in [2.45, 2.75) is 39.9 Å². The summed E-state index contributed by atoms with van der Waals surface area (Å²) in [5.41, 5.74) is 3.65. The molecule has 0 fully saturated rings. The fourth-order valence-electron chi connectivity index (χ4n) is 2.90. The topological polar surface area (TPSA) is 64.7 Å². The van der Waals surface area contributed by atoms with Crippen molar-refractivity contribution in [1.29, 1.82) is 0 Å². The lowest BCUT2D eigenvalue weighted by Gasteiger charge is -2.14. The molecule has 0 aliphatic carbocycles. The van der Waals surface area contributed by atoms with Gasteiger partial charge in [-0.1, -0.05) is 12.1 Å². The molecule has 6 nitrogen and oxygen atoms in total. The van der Waals surface area contributed by atoms with E-state index in [4.69, 9.17) is 0 Å². The van der Waals surface area contributed by atoms with E-state index in [9.17, 15) is 4.79 Å². The summed E-state index contributed by atoms with van der Waals surface area (Å²) in [6, 6.07) is 7.51. The van der Waals surface area contributed by atoms with Gasteiger partial charge >= 0.3 is 0 Å². The maximum atomic E-state index is 12.7. The Hall–Kier alpha value is -2.41. The summed E-state index contributed by atoms with van der Waals surface area (Å²) in [6.45, 7) is 7.42. The molecule has 2 heterocycles. The van der Waals surface area contributed by atoms with Gasteiger partial charge in [0.25, 0.3) is 5.91 Å². The average Bonchev–Trinajstić information content (AvgIpc) is 3.20. The van der Waals surface area contributed by atoms with E-state index in [1.165, 1.54) is 0 Å². The molecule has 136 valence electrons. The first-order valence-corrected chi connectivity index (χ1v) is 9.37. The molecule has 3 rings (SSSR count). The molecule has 26 heavy (non-hydrogen) atoms. The summed E-state index contributed by atoms with van der Waals surface area (Å²) in [6.07, 6.45) is 5.65. The monoisotopic (exact) mass is 415 g/mol. The van der Waals surface area contributed by atoms with E-state index in [-0.39, 0.29) is 11.9 Å². The van der Waals surface area contributed by atoms with Crippen LogP contribution in [0.2, 0.25) is 0 Å². The third kappa shape index (κ3) is 4.22. The molecule has 0 saturated heterocycles. The smallest absolute Gasteiger partial charge is 0.251 e. The molecule has 0 radical (unpaired) electrons. The predicted molar refractivity (Wildman–Crippen MR) is 104 cm³/mol. The highest BCUT2D eigenvalue weighted by atomic mass is 79.9. The summed E-state index contributed by atoms with van der Waals surface area (Å²) in [5.74, 6) is -0.0929. The van der Waals surface area contributed by atoms with Gasteiger partial charge in [-0.3, -0.25) is 14.2 Å². The third-order valence-corrected chi connectivity index (χ3v) is 4.67. The van der Waals surface area contributed by atoms with Gasteiger partial charge < -0.3 is 5.32 Å². The number of halogens is 1. The van der Waals surface area contributed by atoms with Crippen molar-refractivity contribution in [2.24, 2.45) is 0 Å². The van der Waals surface area contributed by atoms with Crippen LogP contribution in [0.1, 0.15) is 47.1 Å². The molecule has 3 aromatic rings. The van der Waals surface area contributed by atoms with Crippen molar-refractivity contribution in [1.82, 2.24) is 24.9 Å². The summed E-state index contributed by atoms with van der Waals surface area (Å²) in [4.78, 5) is 12.7. The Morgan fingerprint density at radius 1 is 1.31 bits per heavy atom. The number of amides is 1. The Kier molecular flexibility index (Phi) is 5.56. The molecular weight excluding hydrogens is 394 g/mol. The van der Waals surface area contributed by atoms with Gasteiger partial charge in [0.1, 0.15) is 0 Å². The molecule has 1 unspecified atom stereocenters. The molecule has 1 aromatic carbocycles. The molecule has 0 spiro atoms. The highest BCUT2D eigenvalue weighted by Crippen LogP contribution is 2.17. The van der Waals surface area contributed by atoms with E-state index in [1.54, 1.807) is 6.20 Å². The van der Waals surface area contributed by atoms with Crippen LogP contribution in [0.3, 0.4) is 0 Å². The largest absolute Gasteiger partial charge is 0.345 e. The molecule has 1 amide bonds. The van der Waals surface area contributed by atoms with Gasteiger partial charge in [-0.25, -0.2) is 0 Å². The minimum Gasteiger partial charge on any atom is -0.345 e. The van der Waals surface area contributed by atoms with Crippen LogP contribution in [-0.4, -0.2) is 25.5 Å². The lowest BCUT2D eigenvalue weighted by molar-refractivity contribution is 0.0939. The second-order valence-corrected chi connectivity index (χ2v) is 7.19. The van der Waals surface area contributed by atoms with Crippen LogP contribution in [0.25, 0.3) is 0 Å². The minimum atomic E-state index is -0.103. The van der Waals surface area contributed by atoms with E-state index < -0.39 is 0 Å². The van der Waals surface area contributed by atoms with Crippen LogP contribution in [0.5, 0.6) is 0 Å². The Labute approximate surface area is 161 Å². The Bertz CT molecular complexity index is 914. The summed E-state index contributed by atoms with van der Waals surface area (Å²) in [7, 11) is 0. The maximum absolute atomic E-state index is 12.7. The van der Waals surface area contributed by atoms with Crippen molar-refractivity contribution < 1.29 is 4.79 Å². The SMILES string of the molecule is CCn1cc(C(C)NC(=O)c2cccc(Cn3cc(Br)cn3)c2)c(C)n1. The molecule has 1 N–H and O–H groups in total. The third-order valence-electron chi connectivity index (χ3n) is 4.26. The van der Waals surface area contributed by atoms with Crippen LogP contribution < -0.4 is 5.32 Å². The van der Waals surface area contributed by atoms with Crippen LogP contribution >= 0.6 is 15.9 Å². The number of benzene rings is 1. The predicted octanol–water partition coefficient (Wildman–Crippen LogP) is 3.71. The number of nitrogens with one attached hydrogen (secondary N) is 1. The molecule has 7 heteroatoms. The Morgan fingerprint density at radius 3 is 2.77 bits per heavy atom. The number of aromatic nitrogens is 4. The average molecular weight is 416 g/mol. The zero-order chi connectivity index (χ0) is 18.7. The second-order valence-electron chi connectivity index (χ2n) is 6.28. The normalized spacial score (nSPS) is 12.2. The van der Waals surface area contributed by atoms with E-state index in [1.807, 2.05) is 66.8 Å². The van der Waals surface area contributed by atoms with Gasteiger partial charge in [0.15, 0.2) is 0 Å². The lowest BCUT2D eigenvalue weighted by Crippen LogP contribution is -2.27. The second kappa shape index (κ2) is 7.86. The van der Waals surface area contributed by atoms with Crippen LogP contribution in [0, 0.1) is 6.92 Å². The van der Waals surface area contributed by atoms with Gasteiger partial charge in [0.05, 0.1) is 29.0 Å². The Morgan fingerprint density at radius 2 is 2.12 bits per heavy atom. The number of nitrogens with zero attached hydrogens (tertiary/aromatic N) is 4. The first-order chi connectivity index (χ1) is 12.5. The zero-order valence-electron chi connectivity index (χ0n) is 15.1. The minimum absolute atomic E-state index is 0.0929. The van der Waals surface area contributed by atoms with Crippen molar-refractivity contribution in [2.75, 3.05) is 0 Å². The van der Waals surface area contributed by atoms with Gasteiger partial charge in [-0.05, 0) is 54.4 Å². The van der Waals surface area contributed by atoms with Crippen molar-refractivity contribution in [3.8, 4) is 0 Å². The highest BCUT2D eigenvalue weighted by Gasteiger charge is 2.16. The van der Waals surface area contributed by atoms with Gasteiger partial charge in [0, 0.05) is 30.1 Å². The van der Waals surface area contributed by atoms with Gasteiger partial charge in [-0.15, -0.1) is 0 Å². The molecule has 1 atom stereocenters. The quantitative estimate of drug-likeness (QED) is 0.667. The van der Waals surface area contributed by atoms with Crippen molar-refractivity contribution in [3.63, 3.8) is 0 Å². The summed E-state index contributed by atoms with van der Waals surface area (Å²) in [5, 5.41) is 11.8. The number of hydrogen-bond donors (Lipinski definition) is 1. The molecule has 0 aliphatic heterocycles. The first-order valence-electron chi connectivity index (χ1n) is 8.58.